The maximum absolute atomic E-state index is 12.5. The van der Waals surface area contributed by atoms with Crippen LogP contribution in [-0.2, 0) is 22.9 Å². The maximum Gasteiger partial charge on any atom is 0.253 e. The minimum Gasteiger partial charge on any atom is -0.338 e. The van der Waals surface area contributed by atoms with Crippen LogP contribution in [-0.4, -0.2) is 43.8 Å². The molecule has 1 N–H and O–H groups in total. The third-order valence-corrected chi connectivity index (χ3v) is 5.64. The van der Waals surface area contributed by atoms with Crippen molar-refractivity contribution < 1.29 is 13.2 Å². The predicted octanol–water partition coefficient (Wildman–Crippen LogP) is 0.551. The van der Waals surface area contributed by atoms with Crippen LogP contribution >= 0.6 is 0 Å². The summed E-state index contributed by atoms with van der Waals surface area (Å²) in [7, 11) is -2.98. The predicted molar refractivity (Wildman–Crippen MR) is 76.2 cm³/mol. The number of amides is 1. The highest BCUT2D eigenvalue weighted by atomic mass is 32.2. The maximum atomic E-state index is 12.5. The number of hydrogen-bond acceptors (Lipinski definition) is 4. The zero-order valence-corrected chi connectivity index (χ0v) is 12.1. The number of benzene rings is 1. The zero-order valence-electron chi connectivity index (χ0n) is 11.3. The molecule has 0 bridgehead atoms. The van der Waals surface area contributed by atoms with Crippen LogP contribution in [0.25, 0.3) is 0 Å². The Morgan fingerprint density at radius 3 is 2.75 bits per heavy atom. The van der Waals surface area contributed by atoms with Crippen LogP contribution in [0.2, 0.25) is 0 Å². The second kappa shape index (κ2) is 5.18. The summed E-state index contributed by atoms with van der Waals surface area (Å²) < 4.78 is 23.2. The summed E-state index contributed by atoms with van der Waals surface area (Å²) in [5.41, 5.74) is 3.06. The van der Waals surface area contributed by atoms with Gasteiger partial charge in [0.1, 0.15) is 0 Å². The van der Waals surface area contributed by atoms with Crippen LogP contribution in [0.5, 0.6) is 0 Å². The normalized spacial score (nSPS) is 21.3. The molecular formula is C14H18N2O3S. The Hall–Kier alpha value is -1.40. The summed E-state index contributed by atoms with van der Waals surface area (Å²) in [6.07, 6.45) is 0.528. The first kappa shape index (κ1) is 13.6. The molecule has 0 atom stereocenters. The van der Waals surface area contributed by atoms with E-state index in [0.717, 1.165) is 13.1 Å². The largest absolute Gasteiger partial charge is 0.338 e. The molecule has 1 fully saturated rings. The van der Waals surface area contributed by atoms with Crippen molar-refractivity contribution in [2.24, 2.45) is 0 Å². The van der Waals surface area contributed by atoms with Gasteiger partial charge in [0.05, 0.1) is 11.5 Å². The smallest absolute Gasteiger partial charge is 0.253 e. The number of rotatable bonds is 1. The van der Waals surface area contributed by atoms with Crippen molar-refractivity contribution in [3.05, 3.63) is 34.9 Å². The van der Waals surface area contributed by atoms with Crippen LogP contribution in [0.1, 0.15) is 27.9 Å². The minimum atomic E-state index is -2.98. The Morgan fingerprint density at radius 1 is 1.10 bits per heavy atom. The molecule has 0 spiro atoms. The van der Waals surface area contributed by atoms with E-state index in [4.69, 9.17) is 0 Å². The fourth-order valence-electron chi connectivity index (χ4n) is 2.75. The zero-order chi connectivity index (χ0) is 14.2. The molecule has 108 valence electrons. The number of hydrogen-bond donors (Lipinski definition) is 1. The number of sulfone groups is 1. The molecule has 1 aromatic carbocycles. The molecule has 0 saturated carbocycles. The van der Waals surface area contributed by atoms with Crippen molar-refractivity contribution >= 4 is 15.7 Å². The molecule has 2 aliphatic heterocycles. The van der Waals surface area contributed by atoms with Gasteiger partial charge in [-0.2, -0.15) is 0 Å². The second-order valence-electron chi connectivity index (χ2n) is 5.38. The average Bonchev–Trinajstić information content (AvgIpc) is 2.81. The molecule has 1 aromatic rings. The lowest BCUT2D eigenvalue weighted by Gasteiger charge is -2.20. The summed E-state index contributed by atoms with van der Waals surface area (Å²) in [6.45, 7) is 2.47. The Labute approximate surface area is 118 Å². The van der Waals surface area contributed by atoms with E-state index in [1.54, 1.807) is 4.90 Å². The van der Waals surface area contributed by atoms with Gasteiger partial charge in [0.2, 0.25) is 0 Å². The molecule has 0 aromatic heterocycles. The van der Waals surface area contributed by atoms with Gasteiger partial charge in [0, 0.05) is 31.7 Å². The highest BCUT2D eigenvalue weighted by Gasteiger charge is 2.24. The van der Waals surface area contributed by atoms with Crippen molar-refractivity contribution in [2.75, 3.05) is 24.6 Å². The lowest BCUT2D eigenvalue weighted by molar-refractivity contribution is 0.0768. The molecule has 3 rings (SSSR count). The first-order valence-electron chi connectivity index (χ1n) is 6.87. The van der Waals surface area contributed by atoms with E-state index < -0.39 is 9.84 Å². The van der Waals surface area contributed by atoms with Crippen LogP contribution in [0.3, 0.4) is 0 Å². The van der Waals surface area contributed by atoms with Crippen LogP contribution in [0, 0.1) is 0 Å². The Bertz CT molecular complexity index is 640. The number of carbonyl (C=O) groups excluding carboxylic acids is 1. The Morgan fingerprint density at radius 2 is 1.90 bits per heavy atom. The molecule has 6 heteroatoms. The van der Waals surface area contributed by atoms with Gasteiger partial charge >= 0.3 is 0 Å². The molecule has 0 unspecified atom stereocenters. The van der Waals surface area contributed by atoms with Gasteiger partial charge in [-0.15, -0.1) is 0 Å². The summed E-state index contributed by atoms with van der Waals surface area (Å²) >= 11 is 0. The highest BCUT2D eigenvalue weighted by molar-refractivity contribution is 7.91. The van der Waals surface area contributed by atoms with Gasteiger partial charge in [0.15, 0.2) is 9.84 Å². The van der Waals surface area contributed by atoms with E-state index in [2.05, 4.69) is 5.32 Å². The van der Waals surface area contributed by atoms with Gasteiger partial charge < -0.3 is 10.2 Å². The van der Waals surface area contributed by atoms with Crippen molar-refractivity contribution in [1.29, 1.82) is 0 Å². The first-order chi connectivity index (χ1) is 9.55. The first-order valence-corrected chi connectivity index (χ1v) is 8.69. The van der Waals surface area contributed by atoms with E-state index in [1.165, 1.54) is 11.1 Å². The third kappa shape index (κ3) is 2.71. The third-order valence-electron chi connectivity index (χ3n) is 3.93. The lowest BCUT2D eigenvalue weighted by atomic mass is 10.1. The molecule has 20 heavy (non-hydrogen) atoms. The number of nitrogens with one attached hydrogen (secondary N) is 1. The molecule has 2 heterocycles. The molecule has 1 amide bonds. The number of nitrogens with zero attached hydrogens (tertiary/aromatic N) is 1. The Balaban J connectivity index is 1.78. The van der Waals surface area contributed by atoms with Crippen LogP contribution in [0.15, 0.2) is 18.2 Å². The summed E-state index contributed by atoms with van der Waals surface area (Å²) in [5, 5.41) is 3.25. The second-order valence-corrected chi connectivity index (χ2v) is 7.69. The fourth-order valence-corrected chi connectivity index (χ4v) is 4.02. The van der Waals surface area contributed by atoms with Crippen LogP contribution < -0.4 is 5.32 Å². The molecule has 0 radical (unpaired) electrons. The number of fused-ring (bicyclic) bond motifs is 1. The SMILES string of the molecule is O=C(c1ccc2c(c1)CNC2)N1CCCS(=O)(=O)CC1. The van der Waals surface area contributed by atoms with E-state index in [9.17, 15) is 13.2 Å². The monoisotopic (exact) mass is 294 g/mol. The van der Waals surface area contributed by atoms with Crippen molar-refractivity contribution in [3.63, 3.8) is 0 Å². The quantitative estimate of drug-likeness (QED) is 0.821. The Kier molecular flexibility index (Phi) is 3.52. The van der Waals surface area contributed by atoms with E-state index in [1.807, 2.05) is 18.2 Å². The fraction of sp³-hybridized carbons (Fsp3) is 0.500. The summed E-state index contributed by atoms with van der Waals surface area (Å²) in [6, 6.07) is 5.75. The van der Waals surface area contributed by atoms with Gasteiger partial charge in [-0.25, -0.2) is 8.42 Å². The topological polar surface area (TPSA) is 66.5 Å². The summed E-state index contributed by atoms with van der Waals surface area (Å²) in [5.74, 6) is 0.202. The minimum absolute atomic E-state index is 0.0585. The van der Waals surface area contributed by atoms with Crippen molar-refractivity contribution in [2.45, 2.75) is 19.5 Å². The summed E-state index contributed by atoms with van der Waals surface area (Å²) in [4.78, 5) is 14.1. The van der Waals surface area contributed by atoms with Gasteiger partial charge in [-0.3, -0.25) is 4.79 Å². The average molecular weight is 294 g/mol. The van der Waals surface area contributed by atoms with Crippen molar-refractivity contribution in [1.82, 2.24) is 10.2 Å². The van der Waals surface area contributed by atoms with E-state index >= 15 is 0 Å². The number of carbonyl (C=O) groups is 1. The van der Waals surface area contributed by atoms with Crippen LogP contribution in [0.4, 0.5) is 0 Å². The van der Waals surface area contributed by atoms with Crippen molar-refractivity contribution in [3.8, 4) is 0 Å². The standard InChI is InChI=1S/C14H18N2O3S/c17-14(16-4-1-6-20(18,19)7-5-16)11-2-3-12-9-15-10-13(12)8-11/h2-3,8,15H,1,4-7,9-10H2. The highest BCUT2D eigenvalue weighted by Crippen LogP contribution is 2.19. The molecule has 1 saturated heterocycles. The molecule has 2 aliphatic rings. The van der Waals surface area contributed by atoms with E-state index in [-0.39, 0.29) is 17.4 Å². The van der Waals surface area contributed by atoms with Gasteiger partial charge in [-0.05, 0) is 29.7 Å². The lowest BCUT2D eigenvalue weighted by Crippen LogP contribution is -2.33. The molecular weight excluding hydrogens is 276 g/mol. The molecule has 0 aliphatic carbocycles. The van der Waals surface area contributed by atoms with Gasteiger partial charge in [-0.1, -0.05) is 6.07 Å². The van der Waals surface area contributed by atoms with Gasteiger partial charge in [0.25, 0.3) is 5.91 Å². The van der Waals surface area contributed by atoms with E-state index in [0.29, 0.717) is 25.1 Å². The molecule has 5 nitrogen and oxygen atoms in total.